The molecule has 0 spiro atoms. The second-order valence-corrected chi connectivity index (χ2v) is 12.0. The highest BCUT2D eigenvalue weighted by Gasteiger charge is 2.75. The van der Waals surface area contributed by atoms with E-state index in [1.54, 1.807) is 12.2 Å². The molecule has 1 unspecified atom stereocenters. The van der Waals surface area contributed by atoms with Crippen LogP contribution in [0, 0.1) is 28.6 Å². The molecule has 0 bridgehead atoms. The van der Waals surface area contributed by atoms with Crippen molar-refractivity contribution in [1.29, 1.82) is 0 Å². The molecule has 192 valence electrons. The van der Waals surface area contributed by atoms with Crippen LogP contribution in [0.1, 0.15) is 51.5 Å². The molecule has 3 saturated carbocycles. The molecule has 2 N–H and O–H groups in total. The maximum absolute atomic E-state index is 13.5. The summed E-state index contributed by atoms with van der Waals surface area (Å²) in [5, 5.41) is 21.7. The Balaban J connectivity index is 1.31. The summed E-state index contributed by atoms with van der Waals surface area (Å²) in [5.74, 6) is -0.0686. The molecule has 6 heteroatoms. The van der Waals surface area contributed by atoms with Crippen LogP contribution in [0.4, 0.5) is 0 Å². The third kappa shape index (κ3) is 3.24. The van der Waals surface area contributed by atoms with E-state index in [-0.39, 0.29) is 34.7 Å². The normalized spacial score (nSPS) is 44.9. The molecule has 9 atom stereocenters. The Kier molecular flexibility index (Phi) is 5.69. The van der Waals surface area contributed by atoms with Gasteiger partial charge in [0.15, 0.2) is 23.5 Å². The Labute approximate surface area is 212 Å². The second kappa shape index (κ2) is 8.45. The Morgan fingerprint density at radius 2 is 1.97 bits per heavy atom. The van der Waals surface area contributed by atoms with Crippen LogP contribution in [0.15, 0.2) is 54.1 Å². The van der Waals surface area contributed by atoms with E-state index in [9.17, 15) is 19.8 Å². The van der Waals surface area contributed by atoms with Gasteiger partial charge in [0.25, 0.3) is 0 Å². The number of aryl methyl sites for hydroxylation is 1. The quantitative estimate of drug-likeness (QED) is 0.653. The standard InChI is InChI=1S/C30H36O6/c1-28-13-12-20(32)14-19(28)9-10-21-22-15-25-30(24(34)17-31,29(22,2)16-23(33)27(21)28)36-26(35-25)11-8-18-6-4-3-5-7-18/h3-7,12-14,21-23,25-27,31,33H,8-11,15-17H2,1-2H3/t21-,22-,23-,25+,26?,27+,28-,29-,30+/m0/s1. The highest BCUT2D eigenvalue weighted by atomic mass is 16.7. The highest BCUT2D eigenvalue weighted by molar-refractivity contribution is 6.01. The fourth-order valence-corrected chi connectivity index (χ4v) is 8.82. The largest absolute Gasteiger partial charge is 0.393 e. The summed E-state index contributed by atoms with van der Waals surface area (Å²) in [5.41, 5.74) is 0.0124. The zero-order chi connectivity index (χ0) is 25.3. The first-order chi connectivity index (χ1) is 17.2. The van der Waals surface area contributed by atoms with Crippen LogP contribution >= 0.6 is 0 Å². The first-order valence-electron chi connectivity index (χ1n) is 13.4. The van der Waals surface area contributed by atoms with Crippen molar-refractivity contribution in [3.05, 3.63) is 59.7 Å². The topological polar surface area (TPSA) is 93.1 Å². The van der Waals surface area contributed by atoms with E-state index in [1.165, 1.54) is 5.56 Å². The Hall–Kier alpha value is -2.12. The number of hydrogen-bond acceptors (Lipinski definition) is 6. The SMILES string of the molecule is C[C@]12C=CC(=O)C=C1CC[C@@H]1[C@@H]2[C@@H](O)C[C@@]2(C)[C@H]1C[C@H]1OC(CCc3ccccc3)O[C@]12C(=O)CO. The third-order valence-electron chi connectivity index (χ3n) is 10.4. The number of allylic oxidation sites excluding steroid dienone is 4. The summed E-state index contributed by atoms with van der Waals surface area (Å²) in [6.45, 7) is 3.61. The molecule has 5 aliphatic rings. The first-order valence-corrected chi connectivity index (χ1v) is 13.4. The van der Waals surface area contributed by atoms with Gasteiger partial charge in [-0.1, -0.05) is 55.8 Å². The van der Waals surface area contributed by atoms with Crippen molar-refractivity contribution in [3.63, 3.8) is 0 Å². The maximum Gasteiger partial charge on any atom is 0.193 e. The smallest absolute Gasteiger partial charge is 0.193 e. The molecule has 36 heavy (non-hydrogen) atoms. The minimum Gasteiger partial charge on any atom is -0.393 e. The number of aliphatic hydroxyl groups excluding tert-OH is 2. The van der Waals surface area contributed by atoms with Gasteiger partial charge in [-0.15, -0.1) is 0 Å². The van der Waals surface area contributed by atoms with Gasteiger partial charge in [-0.25, -0.2) is 0 Å². The van der Waals surface area contributed by atoms with E-state index in [4.69, 9.17) is 9.47 Å². The first kappa shape index (κ1) is 24.2. The van der Waals surface area contributed by atoms with Gasteiger partial charge in [-0.05, 0) is 61.7 Å². The van der Waals surface area contributed by atoms with Crippen LogP contribution < -0.4 is 0 Å². The molecule has 1 aromatic carbocycles. The monoisotopic (exact) mass is 492 g/mol. The number of aliphatic hydroxyl groups is 2. The highest BCUT2D eigenvalue weighted by Crippen LogP contribution is 2.69. The number of ether oxygens (including phenoxy) is 2. The fourth-order valence-electron chi connectivity index (χ4n) is 8.82. The number of carbonyl (C=O) groups excluding carboxylic acids is 2. The zero-order valence-electron chi connectivity index (χ0n) is 21.1. The van der Waals surface area contributed by atoms with Crippen LogP contribution in [-0.2, 0) is 25.5 Å². The van der Waals surface area contributed by atoms with Crippen LogP contribution in [-0.4, -0.2) is 52.5 Å². The lowest BCUT2D eigenvalue weighted by molar-refractivity contribution is -0.200. The van der Waals surface area contributed by atoms with Crippen molar-refractivity contribution in [2.75, 3.05) is 6.61 Å². The summed E-state index contributed by atoms with van der Waals surface area (Å²) < 4.78 is 13.0. The average Bonchev–Trinajstić information content (AvgIpc) is 3.35. The van der Waals surface area contributed by atoms with Gasteiger partial charge < -0.3 is 19.7 Å². The number of fused-ring (bicyclic) bond motifs is 7. The zero-order valence-corrected chi connectivity index (χ0v) is 21.1. The van der Waals surface area contributed by atoms with E-state index >= 15 is 0 Å². The lowest BCUT2D eigenvalue weighted by Gasteiger charge is -2.59. The average molecular weight is 493 g/mol. The molecule has 0 aromatic heterocycles. The van der Waals surface area contributed by atoms with Gasteiger partial charge in [-0.2, -0.15) is 0 Å². The summed E-state index contributed by atoms with van der Waals surface area (Å²) in [7, 11) is 0. The van der Waals surface area contributed by atoms with Gasteiger partial charge in [0.05, 0.1) is 12.2 Å². The van der Waals surface area contributed by atoms with Gasteiger partial charge in [-0.3, -0.25) is 9.59 Å². The van der Waals surface area contributed by atoms with E-state index < -0.39 is 36.1 Å². The van der Waals surface area contributed by atoms with Crippen molar-refractivity contribution >= 4 is 11.6 Å². The Morgan fingerprint density at radius 3 is 2.72 bits per heavy atom. The van der Waals surface area contributed by atoms with Crippen molar-refractivity contribution < 1.29 is 29.3 Å². The Bertz CT molecular complexity index is 1130. The van der Waals surface area contributed by atoms with Crippen molar-refractivity contribution in [3.8, 4) is 0 Å². The van der Waals surface area contributed by atoms with Crippen LogP contribution in [0.3, 0.4) is 0 Å². The molecular formula is C30H36O6. The third-order valence-corrected chi connectivity index (χ3v) is 10.4. The molecule has 6 nitrogen and oxygen atoms in total. The minimum atomic E-state index is -1.25. The van der Waals surface area contributed by atoms with Crippen LogP contribution in [0.5, 0.6) is 0 Å². The molecule has 4 aliphatic carbocycles. The Morgan fingerprint density at radius 1 is 1.19 bits per heavy atom. The van der Waals surface area contributed by atoms with Gasteiger partial charge in [0, 0.05) is 23.2 Å². The number of hydrogen-bond donors (Lipinski definition) is 2. The molecule has 4 fully saturated rings. The molecule has 1 aliphatic heterocycles. The lowest BCUT2D eigenvalue weighted by atomic mass is 9.46. The molecule has 1 saturated heterocycles. The molecule has 0 amide bonds. The minimum absolute atomic E-state index is 0.0160. The molecular weight excluding hydrogens is 456 g/mol. The van der Waals surface area contributed by atoms with Gasteiger partial charge in [0.1, 0.15) is 6.61 Å². The predicted molar refractivity (Wildman–Crippen MR) is 133 cm³/mol. The molecule has 1 heterocycles. The summed E-state index contributed by atoms with van der Waals surface area (Å²) in [4.78, 5) is 25.6. The number of rotatable bonds is 5. The number of carbonyl (C=O) groups is 2. The van der Waals surface area contributed by atoms with Gasteiger partial charge >= 0.3 is 0 Å². The number of Topliss-reactive ketones (excluding diaryl/α,β-unsaturated/α-hetero) is 1. The number of ketones is 2. The van der Waals surface area contributed by atoms with E-state index in [2.05, 4.69) is 26.0 Å². The second-order valence-electron chi connectivity index (χ2n) is 12.0. The molecule has 0 radical (unpaired) electrons. The fraction of sp³-hybridized carbons (Fsp3) is 0.600. The summed E-state index contributed by atoms with van der Waals surface area (Å²) in [6.07, 6.45) is 7.90. The van der Waals surface area contributed by atoms with Crippen molar-refractivity contribution in [2.24, 2.45) is 28.6 Å². The van der Waals surface area contributed by atoms with Gasteiger partial charge in [0.2, 0.25) is 0 Å². The maximum atomic E-state index is 13.5. The van der Waals surface area contributed by atoms with E-state index in [0.717, 1.165) is 24.8 Å². The van der Waals surface area contributed by atoms with E-state index in [1.807, 2.05) is 24.3 Å². The number of benzene rings is 1. The summed E-state index contributed by atoms with van der Waals surface area (Å²) in [6, 6.07) is 10.1. The summed E-state index contributed by atoms with van der Waals surface area (Å²) >= 11 is 0. The van der Waals surface area contributed by atoms with Crippen LogP contribution in [0.25, 0.3) is 0 Å². The molecule has 6 rings (SSSR count). The van der Waals surface area contributed by atoms with Crippen molar-refractivity contribution in [2.45, 2.75) is 76.5 Å². The lowest BCUT2D eigenvalue weighted by Crippen LogP contribution is -2.63. The molecule has 1 aromatic rings. The van der Waals surface area contributed by atoms with Crippen molar-refractivity contribution in [1.82, 2.24) is 0 Å². The van der Waals surface area contributed by atoms with Crippen LogP contribution in [0.2, 0.25) is 0 Å². The van der Waals surface area contributed by atoms with E-state index in [0.29, 0.717) is 19.3 Å². The predicted octanol–water partition coefficient (Wildman–Crippen LogP) is 3.55.